The highest BCUT2D eigenvalue weighted by Gasteiger charge is 2.32. The molecule has 0 saturated carbocycles. The number of methoxy groups -OCH3 is 2. The van der Waals surface area contributed by atoms with Gasteiger partial charge in [0.15, 0.2) is 11.5 Å². The molecule has 0 aliphatic carbocycles. The number of aryl methyl sites for hydroxylation is 1. The number of ether oxygens (including phenoxy) is 4. The van der Waals surface area contributed by atoms with Gasteiger partial charge in [-0.25, -0.2) is 9.99 Å². The van der Waals surface area contributed by atoms with Crippen molar-refractivity contribution in [2.75, 3.05) is 27.4 Å². The lowest BCUT2D eigenvalue weighted by molar-refractivity contribution is -0.130. The van der Waals surface area contributed by atoms with Crippen LogP contribution < -0.4 is 18.9 Å². The average Bonchev–Trinajstić information content (AvgIpc) is 3.73. The van der Waals surface area contributed by atoms with Gasteiger partial charge < -0.3 is 18.9 Å². The van der Waals surface area contributed by atoms with Crippen molar-refractivity contribution in [1.82, 2.24) is 9.99 Å². The summed E-state index contributed by atoms with van der Waals surface area (Å²) < 4.78 is 24.7. The number of carbonyl (C=O) groups is 1. The Balaban J connectivity index is 1.06. The largest absolute Gasteiger partial charge is 0.496 e. The molecule has 1 unspecified atom stereocenters. The van der Waals surface area contributed by atoms with Crippen molar-refractivity contribution in [3.8, 4) is 33.6 Å². The first-order chi connectivity index (χ1) is 22.8. The molecule has 1 aliphatic heterocycles. The maximum atomic E-state index is 12.7. The number of aromatic nitrogens is 1. The number of nitrogens with zero attached hydrogens (tertiary/aromatic N) is 3. The van der Waals surface area contributed by atoms with Gasteiger partial charge in [0.2, 0.25) is 5.91 Å². The van der Waals surface area contributed by atoms with Gasteiger partial charge in [0.05, 0.1) is 49.4 Å². The first-order valence-corrected chi connectivity index (χ1v) is 16.6. The molecule has 0 radical (unpaired) electrons. The number of hydrazone groups is 1. The van der Waals surface area contributed by atoms with E-state index in [0.717, 1.165) is 68.4 Å². The summed E-state index contributed by atoms with van der Waals surface area (Å²) in [4.78, 5) is 17.5. The Morgan fingerprint density at radius 2 is 1.64 bits per heavy atom. The Kier molecular flexibility index (Phi) is 9.73. The van der Waals surface area contributed by atoms with Crippen LogP contribution >= 0.6 is 11.3 Å². The van der Waals surface area contributed by atoms with Gasteiger partial charge in [-0.1, -0.05) is 30.3 Å². The maximum Gasteiger partial charge on any atom is 0.240 e. The molecular weight excluding hydrogens is 611 g/mol. The van der Waals surface area contributed by atoms with E-state index in [4.69, 9.17) is 29.0 Å². The molecule has 0 bridgehead atoms. The molecule has 1 aromatic heterocycles. The predicted octanol–water partition coefficient (Wildman–Crippen LogP) is 8.53. The number of thiazole rings is 1. The zero-order chi connectivity index (χ0) is 32.9. The van der Waals surface area contributed by atoms with Crippen LogP contribution in [0.3, 0.4) is 0 Å². The normalized spacial score (nSPS) is 14.3. The van der Waals surface area contributed by atoms with Gasteiger partial charge >= 0.3 is 0 Å². The van der Waals surface area contributed by atoms with Crippen molar-refractivity contribution in [2.24, 2.45) is 5.10 Å². The second-order valence-electron chi connectivity index (χ2n) is 11.6. The summed E-state index contributed by atoms with van der Waals surface area (Å²) in [5.74, 6) is 2.79. The lowest BCUT2D eigenvalue weighted by atomic mass is 9.95. The minimum absolute atomic E-state index is 0.121. The highest BCUT2D eigenvalue weighted by Crippen LogP contribution is 2.38. The van der Waals surface area contributed by atoms with E-state index in [1.165, 1.54) is 4.70 Å². The third-order valence-electron chi connectivity index (χ3n) is 8.42. The van der Waals surface area contributed by atoms with Crippen LogP contribution in [0.5, 0.6) is 23.0 Å². The molecule has 5 aromatic rings. The summed E-state index contributed by atoms with van der Waals surface area (Å²) in [6, 6.07) is 25.9. The Hall–Kier alpha value is -4.89. The molecule has 1 amide bonds. The molecule has 0 saturated heterocycles. The minimum atomic E-state index is -0.254. The van der Waals surface area contributed by atoms with Crippen molar-refractivity contribution in [2.45, 2.75) is 46.1 Å². The van der Waals surface area contributed by atoms with Gasteiger partial charge in [-0.05, 0) is 91.9 Å². The van der Waals surface area contributed by atoms with Crippen LogP contribution in [-0.4, -0.2) is 49.0 Å². The fraction of sp³-hybridized carbons (Fsp3) is 0.289. The molecule has 6 rings (SSSR count). The van der Waals surface area contributed by atoms with Gasteiger partial charge in [-0.15, -0.1) is 11.3 Å². The van der Waals surface area contributed by atoms with E-state index in [0.29, 0.717) is 31.1 Å². The zero-order valence-corrected chi connectivity index (χ0v) is 28.2. The van der Waals surface area contributed by atoms with Crippen LogP contribution in [-0.2, 0) is 4.79 Å². The smallest absolute Gasteiger partial charge is 0.240 e. The number of fused-ring (bicyclic) bond motifs is 1. The number of carbonyl (C=O) groups excluding carboxylic acids is 1. The van der Waals surface area contributed by atoms with Gasteiger partial charge in [-0.3, -0.25) is 4.79 Å². The SMILES string of the molecule is COc1ccc(C2CC(c3cc(C)c(C)c(OC)c3)=NN2C(C)=O)cc1OCCCCOc1cccc(-c2nc3ccccc3s2)c1. The lowest BCUT2D eigenvalue weighted by Gasteiger charge is -2.22. The van der Waals surface area contributed by atoms with Gasteiger partial charge in [-0.2, -0.15) is 5.10 Å². The Morgan fingerprint density at radius 1 is 0.851 bits per heavy atom. The van der Waals surface area contributed by atoms with Crippen LogP contribution in [0, 0.1) is 13.8 Å². The van der Waals surface area contributed by atoms with Crippen molar-refractivity contribution in [3.05, 3.63) is 101 Å². The molecule has 1 aliphatic rings. The summed E-state index contributed by atoms with van der Waals surface area (Å²) in [5.41, 5.74) is 7.00. The lowest BCUT2D eigenvalue weighted by Crippen LogP contribution is -2.24. The van der Waals surface area contributed by atoms with Crippen LogP contribution in [0.25, 0.3) is 20.8 Å². The van der Waals surface area contributed by atoms with Crippen LogP contribution in [0.4, 0.5) is 0 Å². The van der Waals surface area contributed by atoms with Crippen LogP contribution in [0.2, 0.25) is 0 Å². The summed E-state index contributed by atoms with van der Waals surface area (Å²) in [6.07, 6.45) is 2.20. The topological polar surface area (TPSA) is 82.5 Å². The van der Waals surface area contributed by atoms with Crippen molar-refractivity contribution in [3.63, 3.8) is 0 Å². The van der Waals surface area contributed by atoms with Crippen molar-refractivity contribution < 1.29 is 23.7 Å². The van der Waals surface area contributed by atoms with E-state index in [1.54, 1.807) is 37.5 Å². The first kappa shape index (κ1) is 32.1. The molecule has 47 heavy (non-hydrogen) atoms. The molecule has 8 nitrogen and oxygen atoms in total. The van der Waals surface area contributed by atoms with E-state index in [9.17, 15) is 4.79 Å². The Morgan fingerprint density at radius 3 is 2.40 bits per heavy atom. The van der Waals surface area contributed by atoms with Gasteiger partial charge in [0.25, 0.3) is 0 Å². The molecule has 0 N–H and O–H groups in total. The first-order valence-electron chi connectivity index (χ1n) is 15.8. The van der Waals surface area contributed by atoms with E-state index in [2.05, 4.69) is 25.1 Å². The van der Waals surface area contributed by atoms with Gasteiger partial charge in [0, 0.05) is 24.5 Å². The monoisotopic (exact) mass is 649 g/mol. The molecule has 0 fully saturated rings. The second kappa shape index (κ2) is 14.3. The van der Waals surface area contributed by atoms with Crippen molar-refractivity contribution >= 4 is 33.2 Å². The molecular formula is C38H39N3O5S. The fourth-order valence-electron chi connectivity index (χ4n) is 5.74. The van der Waals surface area contributed by atoms with E-state index in [-0.39, 0.29) is 11.9 Å². The molecule has 9 heteroatoms. The van der Waals surface area contributed by atoms with Crippen LogP contribution in [0.15, 0.2) is 84.0 Å². The summed E-state index contributed by atoms with van der Waals surface area (Å²) in [6.45, 7) is 6.71. The zero-order valence-electron chi connectivity index (χ0n) is 27.4. The molecule has 242 valence electrons. The van der Waals surface area contributed by atoms with E-state index >= 15 is 0 Å². The highest BCUT2D eigenvalue weighted by atomic mass is 32.1. The number of hydrogen-bond acceptors (Lipinski definition) is 8. The Labute approximate surface area is 279 Å². The van der Waals surface area contributed by atoms with Crippen LogP contribution in [0.1, 0.15) is 54.5 Å². The Bertz CT molecular complexity index is 1900. The third-order valence-corrected chi connectivity index (χ3v) is 9.50. The van der Waals surface area contributed by atoms with Gasteiger partial charge in [0.1, 0.15) is 16.5 Å². The number of benzene rings is 4. The summed E-state index contributed by atoms with van der Waals surface area (Å²) in [5, 5.41) is 7.29. The molecule has 2 heterocycles. The number of rotatable bonds is 12. The number of hydrogen-bond donors (Lipinski definition) is 0. The quantitative estimate of drug-likeness (QED) is 0.126. The van der Waals surface area contributed by atoms with E-state index < -0.39 is 0 Å². The fourth-order valence-corrected chi connectivity index (χ4v) is 6.71. The third kappa shape index (κ3) is 7.10. The second-order valence-corrected chi connectivity index (χ2v) is 12.6. The summed E-state index contributed by atoms with van der Waals surface area (Å²) in [7, 11) is 3.30. The number of para-hydroxylation sites is 1. The highest BCUT2D eigenvalue weighted by molar-refractivity contribution is 7.21. The minimum Gasteiger partial charge on any atom is -0.496 e. The standard InChI is InChI=1S/C38H39N3O5S/c1-24-19-29(22-35(44-5)25(24)2)32-23-33(41(40-32)26(3)42)27-15-16-34(43-4)36(21-27)46-18-9-8-17-45-30-12-10-11-28(20-30)38-39-31-13-6-7-14-37(31)47-38/h6-7,10-16,19-22,33H,8-9,17-18,23H2,1-5H3. The molecule has 1 atom stereocenters. The van der Waals surface area contributed by atoms with Crippen molar-refractivity contribution in [1.29, 1.82) is 0 Å². The molecule has 0 spiro atoms. The number of amides is 1. The number of unbranched alkanes of at least 4 members (excludes halogenated alkanes) is 1. The van der Waals surface area contributed by atoms with E-state index in [1.807, 2.05) is 67.6 Å². The average molecular weight is 650 g/mol. The summed E-state index contributed by atoms with van der Waals surface area (Å²) >= 11 is 1.68. The predicted molar refractivity (Wildman–Crippen MR) is 187 cm³/mol. The molecule has 4 aromatic carbocycles. The maximum absolute atomic E-state index is 12.7.